The minimum Gasteiger partial charge on any atom is -0.480 e. The van der Waals surface area contributed by atoms with Gasteiger partial charge in [-0.3, -0.25) is 19.7 Å². The van der Waals surface area contributed by atoms with Crippen LogP contribution in [0.1, 0.15) is 21.7 Å². The van der Waals surface area contributed by atoms with E-state index in [1.807, 2.05) is 0 Å². The van der Waals surface area contributed by atoms with Crippen molar-refractivity contribution < 1.29 is 28.7 Å². The predicted molar refractivity (Wildman–Crippen MR) is 132 cm³/mol. The van der Waals surface area contributed by atoms with Crippen LogP contribution in [-0.2, 0) is 20.9 Å². The second kappa shape index (κ2) is 12.6. The zero-order valence-electron chi connectivity index (χ0n) is 18.2. The summed E-state index contributed by atoms with van der Waals surface area (Å²) in [5, 5.41) is 19.9. The molecule has 3 rings (SSSR count). The van der Waals surface area contributed by atoms with Crippen molar-refractivity contribution in [2.24, 2.45) is 0 Å². The lowest BCUT2D eigenvalue weighted by Gasteiger charge is -2.18. The average molecular weight is 541 g/mol. The van der Waals surface area contributed by atoms with E-state index in [0.717, 1.165) is 0 Å². The molecule has 1 aliphatic rings. The molecule has 2 atom stereocenters. The van der Waals surface area contributed by atoms with E-state index >= 15 is 0 Å². The number of thioether (sulfide) groups is 1. The molecule has 1 aromatic carbocycles. The summed E-state index contributed by atoms with van der Waals surface area (Å²) in [6.07, 6.45) is 4.30. The molecule has 3 amide bonds. The third kappa shape index (κ3) is 7.76. The van der Waals surface area contributed by atoms with Crippen LogP contribution >= 0.6 is 35.0 Å². The summed E-state index contributed by atoms with van der Waals surface area (Å²) in [5.41, 5.74) is 0.410. The van der Waals surface area contributed by atoms with Gasteiger partial charge in [-0.05, 0) is 35.9 Å². The van der Waals surface area contributed by atoms with E-state index in [0.29, 0.717) is 23.0 Å². The first-order valence-corrected chi connectivity index (χ1v) is 12.3. The zero-order chi connectivity index (χ0) is 25.4. The molecule has 186 valence electrons. The van der Waals surface area contributed by atoms with E-state index in [1.54, 1.807) is 23.9 Å². The van der Waals surface area contributed by atoms with Gasteiger partial charge >= 0.3 is 5.97 Å². The van der Waals surface area contributed by atoms with Crippen molar-refractivity contribution in [1.29, 1.82) is 0 Å². The monoisotopic (exact) mass is 540 g/mol. The number of carbonyl (C=O) groups excluding carboxylic acids is 3. The van der Waals surface area contributed by atoms with Crippen LogP contribution in [0.3, 0.4) is 0 Å². The largest absolute Gasteiger partial charge is 0.480 e. The fourth-order valence-corrected chi connectivity index (χ4v) is 4.70. The fraction of sp³-hybridized carbons (Fsp3) is 0.273. The third-order valence-corrected chi connectivity index (χ3v) is 6.39. The van der Waals surface area contributed by atoms with Gasteiger partial charge in [-0.1, -0.05) is 23.2 Å². The van der Waals surface area contributed by atoms with Gasteiger partial charge in [0.15, 0.2) is 0 Å². The summed E-state index contributed by atoms with van der Waals surface area (Å²) < 4.78 is 5.11. The summed E-state index contributed by atoms with van der Waals surface area (Å²) in [7, 11) is 0. The van der Waals surface area contributed by atoms with Crippen LogP contribution in [0, 0.1) is 0 Å². The molecule has 0 aliphatic carbocycles. The van der Waals surface area contributed by atoms with Crippen LogP contribution in [0.25, 0.3) is 6.08 Å². The summed E-state index contributed by atoms with van der Waals surface area (Å²) in [5.74, 6) is -1.14. The van der Waals surface area contributed by atoms with Gasteiger partial charge in [0.25, 0.3) is 5.91 Å². The number of carbonyl (C=O) groups is 4. The molecule has 35 heavy (non-hydrogen) atoms. The smallest absolute Gasteiger partial charge is 0.328 e. The normalized spacial score (nSPS) is 16.1. The molecule has 0 saturated carbocycles. The highest BCUT2D eigenvalue weighted by molar-refractivity contribution is 7.99. The molecule has 10 nitrogen and oxygen atoms in total. The predicted octanol–water partition coefficient (Wildman–Crippen LogP) is 1.88. The molecule has 0 bridgehead atoms. The number of benzene rings is 1. The number of amides is 3. The Balaban J connectivity index is 1.58. The highest BCUT2D eigenvalue weighted by Gasteiger charge is 2.27. The molecule has 0 spiro atoms. The van der Waals surface area contributed by atoms with Gasteiger partial charge in [0.2, 0.25) is 11.8 Å². The lowest BCUT2D eigenvalue weighted by atomic mass is 10.1. The number of hydrogen-bond acceptors (Lipinski definition) is 7. The molecule has 1 aliphatic heterocycles. The molecule has 1 fully saturated rings. The van der Waals surface area contributed by atoms with Gasteiger partial charge in [-0.25, -0.2) is 4.79 Å². The third-order valence-electron chi connectivity index (χ3n) is 4.85. The standard InChI is InChI=1S/C22H22Cl2N4O6S/c23-14-6-12(8-25-18(29)4-3-13-2-1-5-34-13)7-15(24)19(14)21(31)28-16(22(32)33)9-26-20(30)17-10-35-11-27-17/h1-7,16-17,27H,8-11H2,(H,25,29)(H,26,30)(H,28,31)(H,32,33)/b4-3+/t16-,17+/m0/s1. The maximum absolute atomic E-state index is 12.7. The number of furan rings is 1. The zero-order valence-corrected chi connectivity index (χ0v) is 20.5. The number of nitrogens with one attached hydrogen (secondary N) is 4. The van der Waals surface area contributed by atoms with Crippen molar-refractivity contribution in [1.82, 2.24) is 21.3 Å². The SMILES string of the molecule is O=C(/C=C/c1ccco1)NCc1cc(Cl)c(C(=O)N[C@@H](CNC(=O)[C@H]2CSCN2)C(=O)O)c(Cl)c1. The molecule has 13 heteroatoms. The minimum atomic E-state index is -1.40. The van der Waals surface area contributed by atoms with E-state index in [4.69, 9.17) is 27.6 Å². The average Bonchev–Trinajstić information content (AvgIpc) is 3.52. The van der Waals surface area contributed by atoms with Crippen LogP contribution in [0.15, 0.2) is 41.0 Å². The second-order valence-corrected chi connectivity index (χ2v) is 9.23. The number of halogens is 2. The Labute approximate surface area is 214 Å². The van der Waals surface area contributed by atoms with Gasteiger partial charge < -0.3 is 25.5 Å². The van der Waals surface area contributed by atoms with Crippen LogP contribution in [0.4, 0.5) is 0 Å². The van der Waals surface area contributed by atoms with Crippen LogP contribution in [0.2, 0.25) is 10.0 Å². The maximum Gasteiger partial charge on any atom is 0.328 e. The van der Waals surface area contributed by atoms with Crippen molar-refractivity contribution in [2.45, 2.75) is 18.6 Å². The van der Waals surface area contributed by atoms with Gasteiger partial charge in [0.05, 0.1) is 27.9 Å². The number of hydrogen-bond donors (Lipinski definition) is 5. The van der Waals surface area contributed by atoms with E-state index < -0.39 is 24.0 Å². The first-order valence-electron chi connectivity index (χ1n) is 10.3. The van der Waals surface area contributed by atoms with E-state index in [1.165, 1.54) is 30.5 Å². The molecular weight excluding hydrogens is 519 g/mol. The Kier molecular flexibility index (Phi) is 9.61. The Morgan fingerprint density at radius 3 is 2.57 bits per heavy atom. The highest BCUT2D eigenvalue weighted by atomic mass is 35.5. The lowest BCUT2D eigenvalue weighted by molar-refractivity contribution is -0.139. The molecule has 1 aromatic heterocycles. The van der Waals surface area contributed by atoms with Crippen LogP contribution < -0.4 is 21.3 Å². The molecule has 0 unspecified atom stereocenters. The van der Waals surface area contributed by atoms with Gasteiger partial charge in [-0.15, -0.1) is 11.8 Å². The van der Waals surface area contributed by atoms with Crippen molar-refractivity contribution in [2.75, 3.05) is 18.2 Å². The number of carboxylic acid groups (broad SMARTS) is 1. The van der Waals surface area contributed by atoms with Crippen molar-refractivity contribution in [3.8, 4) is 0 Å². The molecule has 2 aromatic rings. The topological polar surface area (TPSA) is 150 Å². The first-order chi connectivity index (χ1) is 16.7. The number of carboxylic acids is 1. The van der Waals surface area contributed by atoms with Gasteiger partial charge in [-0.2, -0.15) is 0 Å². The lowest BCUT2D eigenvalue weighted by Crippen LogP contribution is -2.51. The minimum absolute atomic E-state index is 0.0225. The van der Waals surface area contributed by atoms with Gasteiger partial charge in [0.1, 0.15) is 11.8 Å². The van der Waals surface area contributed by atoms with E-state index in [2.05, 4.69) is 21.3 Å². The van der Waals surface area contributed by atoms with Gasteiger partial charge in [0, 0.05) is 30.8 Å². The molecule has 0 radical (unpaired) electrons. The summed E-state index contributed by atoms with van der Waals surface area (Å²) in [6.45, 7) is -0.229. The number of aliphatic carboxylic acids is 1. The molecule has 1 saturated heterocycles. The highest BCUT2D eigenvalue weighted by Crippen LogP contribution is 2.27. The molecular formula is C22H22Cl2N4O6S. The Morgan fingerprint density at radius 2 is 1.97 bits per heavy atom. The van der Waals surface area contributed by atoms with Crippen LogP contribution in [-0.4, -0.2) is 59.1 Å². The second-order valence-electron chi connectivity index (χ2n) is 7.38. The number of rotatable bonds is 10. The van der Waals surface area contributed by atoms with Crippen molar-refractivity contribution in [3.63, 3.8) is 0 Å². The van der Waals surface area contributed by atoms with E-state index in [9.17, 15) is 24.3 Å². The summed E-state index contributed by atoms with van der Waals surface area (Å²) in [6, 6.07) is 4.47. The molecule has 2 heterocycles. The molecule has 5 N–H and O–H groups in total. The Bertz CT molecular complexity index is 1100. The van der Waals surface area contributed by atoms with Crippen LogP contribution in [0.5, 0.6) is 0 Å². The van der Waals surface area contributed by atoms with E-state index in [-0.39, 0.29) is 40.5 Å². The fourth-order valence-electron chi connectivity index (χ4n) is 3.06. The van der Waals surface area contributed by atoms with Crippen molar-refractivity contribution in [3.05, 3.63) is 63.5 Å². The quantitative estimate of drug-likeness (QED) is 0.286. The maximum atomic E-state index is 12.7. The summed E-state index contributed by atoms with van der Waals surface area (Å²) >= 11 is 14.0. The Morgan fingerprint density at radius 1 is 1.23 bits per heavy atom. The summed E-state index contributed by atoms with van der Waals surface area (Å²) in [4.78, 5) is 48.4. The Hall–Kier alpha value is -2.99. The first kappa shape index (κ1) is 26.6. The van der Waals surface area contributed by atoms with Crippen molar-refractivity contribution >= 4 is 64.7 Å².